The summed E-state index contributed by atoms with van der Waals surface area (Å²) >= 11 is 0. The monoisotopic (exact) mass is 511 g/mol. The first-order valence-corrected chi connectivity index (χ1v) is 14.2. The van der Waals surface area contributed by atoms with E-state index in [0.717, 1.165) is 61.5 Å². The third-order valence-corrected chi connectivity index (χ3v) is 9.51. The minimum absolute atomic E-state index is 0.0786. The second-order valence-electron chi connectivity index (χ2n) is 11.6. The van der Waals surface area contributed by atoms with Crippen molar-refractivity contribution < 1.29 is 9.50 Å². The normalized spacial score (nSPS) is 25.9. The lowest BCUT2D eigenvalue weighted by atomic mass is 9.57. The number of rotatable bonds is 6. The fraction of sp³-hybridized carbons (Fsp3) is 0.424. The summed E-state index contributed by atoms with van der Waals surface area (Å²) < 4.78 is 15.4. The Bertz CT molecular complexity index is 1420. The van der Waals surface area contributed by atoms with Crippen molar-refractivity contribution in [2.45, 2.75) is 75.9 Å². The molecule has 5 heteroatoms. The average molecular weight is 512 g/mol. The average Bonchev–Trinajstić information content (AvgIpc) is 3.28. The second-order valence-corrected chi connectivity index (χ2v) is 11.6. The molecule has 1 saturated carbocycles. The van der Waals surface area contributed by atoms with Gasteiger partial charge in [0.2, 0.25) is 0 Å². The molecule has 38 heavy (non-hydrogen) atoms. The number of benzene rings is 3. The van der Waals surface area contributed by atoms with Gasteiger partial charge in [-0.1, -0.05) is 37.3 Å². The summed E-state index contributed by atoms with van der Waals surface area (Å²) in [5, 5.41) is 21.2. The van der Waals surface area contributed by atoms with Gasteiger partial charge >= 0.3 is 0 Å². The Morgan fingerprint density at radius 3 is 2.66 bits per heavy atom. The smallest absolute Gasteiger partial charge is 0.123 e. The first-order valence-electron chi connectivity index (χ1n) is 14.2. The topological polar surface area (TPSA) is 50.1 Å². The van der Waals surface area contributed by atoms with Crippen LogP contribution in [0.15, 0.2) is 72.9 Å². The van der Waals surface area contributed by atoms with Crippen LogP contribution in [0, 0.1) is 11.7 Å². The van der Waals surface area contributed by atoms with Crippen LogP contribution in [0.5, 0.6) is 0 Å². The Morgan fingerprint density at radius 1 is 1.11 bits per heavy atom. The van der Waals surface area contributed by atoms with Crippen molar-refractivity contribution in [3.63, 3.8) is 0 Å². The first-order chi connectivity index (χ1) is 18.4. The third kappa shape index (κ3) is 4.46. The molecule has 2 aliphatic carbocycles. The number of nitrogens with zero attached hydrogens (tertiary/aromatic N) is 2. The number of halogens is 1. The molecule has 1 fully saturated rings. The number of hydrogen-bond acceptors (Lipinski definition) is 3. The zero-order chi connectivity index (χ0) is 26.3. The van der Waals surface area contributed by atoms with Gasteiger partial charge in [-0.15, -0.1) is 0 Å². The second kappa shape index (κ2) is 9.94. The van der Waals surface area contributed by atoms with E-state index in [4.69, 9.17) is 0 Å². The maximum atomic E-state index is 13.5. The van der Waals surface area contributed by atoms with E-state index in [-0.39, 0.29) is 17.3 Å². The summed E-state index contributed by atoms with van der Waals surface area (Å²) in [6.45, 7) is 5.13. The lowest BCUT2D eigenvalue weighted by molar-refractivity contribution is -0.0479. The highest BCUT2D eigenvalue weighted by Crippen LogP contribution is 2.54. The van der Waals surface area contributed by atoms with Crippen LogP contribution in [-0.2, 0) is 11.8 Å². The van der Waals surface area contributed by atoms with Gasteiger partial charge in [-0.25, -0.2) is 9.07 Å². The van der Waals surface area contributed by atoms with E-state index in [1.807, 2.05) is 16.9 Å². The number of aromatic nitrogens is 2. The summed E-state index contributed by atoms with van der Waals surface area (Å²) in [4.78, 5) is 0. The molecule has 0 unspecified atom stereocenters. The third-order valence-electron chi connectivity index (χ3n) is 9.51. The molecule has 0 bridgehead atoms. The molecule has 0 amide bonds. The minimum atomic E-state index is -0.686. The SMILES string of the molecule is CC[C@@]12CC[C@@](O)(CN[C@H](C)c3ccccc3)C[C@H]1CCCc1cc3c(cnn3-c3ccc(F)cc3)cc12. The Balaban J connectivity index is 1.28. The number of hydrogen-bond donors (Lipinski definition) is 2. The maximum absolute atomic E-state index is 13.5. The minimum Gasteiger partial charge on any atom is -0.389 e. The van der Waals surface area contributed by atoms with Gasteiger partial charge in [0.1, 0.15) is 5.82 Å². The van der Waals surface area contributed by atoms with Crippen molar-refractivity contribution in [2.75, 3.05) is 6.54 Å². The zero-order valence-electron chi connectivity index (χ0n) is 22.5. The summed E-state index contributed by atoms with van der Waals surface area (Å²) in [6.07, 6.45) is 8.96. The van der Waals surface area contributed by atoms with Crippen LogP contribution >= 0.6 is 0 Å². The molecular formula is C33H38FN3O. The van der Waals surface area contributed by atoms with Crippen molar-refractivity contribution in [1.29, 1.82) is 0 Å². The Morgan fingerprint density at radius 2 is 1.89 bits per heavy atom. The molecule has 3 aromatic carbocycles. The van der Waals surface area contributed by atoms with E-state index >= 15 is 0 Å². The molecule has 2 aliphatic rings. The molecule has 0 aliphatic heterocycles. The van der Waals surface area contributed by atoms with Crippen LogP contribution in [0.1, 0.15) is 75.1 Å². The molecule has 4 nitrogen and oxygen atoms in total. The van der Waals surface area contributed by atoms with E-state index in [2.05, 4.69) is 60.7 Å². The summed E-state index contributed by atoms with van der Waals surface area (Å²) in [7, 11) is 0. The molecule has 6 rings (SSSR count). The van der Waals surface area contributed by atoms with Crippen LogP contribution in [0.4, 0.5) is 4.39 Å². The van der Waals surface area contributed by atoms with E-state index in [0.29, 0.717) is 12.5 Å². The van der Waals surface area contributed by atoms with Crippen molar-refractivity contribution in [2.24, 2.45) is 5.92 Å². The molecule has 4 atom stereocenters. The Kier molecular flexibility index (Phi) is 6.61. The van der Waals surface area contributed by atoms with Crippen molar-refractivity contribution >= 4 is 10.9 Å². The largest absolute Gasteiger partial charge is 0.389 e. The Hall–Kier alpha value is -3.02. The standard InChI is InChI=1S/C33H38FN3O/c1-3-33-17-16-32(38,22-35-23(2)24-8-5-4-6-9-24)20-27(33)11-7-10-25-19-31-26(18-30(25)33)21-36-37(31)29-14-12-28(34)13-15-29/h4-6,8-9,12-15,18-19,21,23,27,35,38H,3,7,10-11,16-17,20,22H2,1-2H3/t23-,27-,32+,33-/m1/s1. The zero-order valence-corrected chi connectivity index (χ0v) is 22.5. The lowest BCUT2D eigenvalue weighted by Gasteiger charge is -2.50. The van der Waals surface area contributed by atoms with Gasteiger partial charge < -0.3 is 10.4 Å². The van der Waals surface area contributed by atoms with E-state index in [1.165, 1.54) is 28.8 Å². The van der Waals surface area contributed by atoms with Crippen molar-refractivity contribution in [3.05, 3.63) is 95.4 Å². The van der Waals surface area contributed by atoms with Crippen LogP contribution in [-0.4, -0.2) is 27.0 Å². The van der Waals surface area contributed by atoms with Gasteiger partial charge in [-0.3, -0.25) is 0 Å². The number of fused-ring (bicyclic) bond motifs is 4. The van der Waals surface area contributed by atoms with Crippen LogP contribution in [0.2, 0.25) is 0 Å². The predicted molar refractivity (Wildman–Crippen MR) is 151 cm³/mol. The molecule has 0 radical (unpaired) electrons. The van der Waals surface area contributed by atoms with E-state index < -0.39 is 5.60 Å². The number of aliphatic hydroxyl groups is 1. The van der Waals surface area contributed by atoms with Gasteiger partial charge in [-0.2, -0.15) is 5.10 Å². The van der Waals surface area contributed by atoms with E-state index in [1.54, 1.807) is 12.1 Å². The molecule has 2 N–H and O–H groups in total. The van der Waals surface area contributed by atoms with Crippen LogP contribution in [0.3, 0.4) is 0 Å². The first kappa shape index (κ1) is 25.3. The van der Waals surface area contributed by atoms with Gasteiger partial charge in [0.05, 0.1) is 23.0 Å². The highest BCUT2D eigenvalue weighted by Gasteiger charge is 2.49. The molecule has 1 aromatic heterocycles. The van der Waals surface area contributed by atoms with Crippen molar-refractivity contribution in [1.82, 2.24) is 15.1 Å². The quantitative estimate of drug-likeness (QED) is 0.292. The number of nitrogens with one attached hydrogen (secondary N) is 1. The maximum Gasteiger partial charge on any atom is 0.123 e. The summed E-state index contributed by atoms with van der Waals surface area (Å²) in [6, 6.07) is 21.9. The summed E-state index contributed by atoms with van der Waals surface area (Å²) in [5.74, 6) is 0.211. The van der Waals surface area contributed by atoms with Crippen LogP contribution < -0.4 is 5.32 Å². The van der Waals surface area contributed by atoms with E-state index in [9.17, 15) is 9.50 Å². The van der Waals surface area contributed by atoms with Crippen LogP contribution in [0.25, 0.3) is 16.6 Å². The van der Waals surface area contributed by atoms with Gasteiger partial charge in [-0.05, 0) is 116 Å². The lowest BCUT2D eigenvalue weighted by Crippen LogP contribution is -2.52. The van der Waals surface area contributed by atoms with Crippen molar-refractivity contribution in [3.8, 4) is 5.69 Å². The molecule has 1 heterocycles. The van der Waals surface area contributed by atoms with Gasteiger partial charge in [0, 0.05) is 18.0 Å². The molecule has 198 valence electrons. The number of aryl methyl sites for hydroxylation is 1. The summed E-state index contributed by atoms with van der Waals surface area (Å²) in [5.41, 5.74) is 5.46. The molecule has 0 saturated heterocycles. The molecule has 0 spiro atoms. The fourth-order valence-corrected chi connectivity index (χ4v) is 7.28. The Labute approximate surface area is 224 Å². The predicted octanol–water partition coefficient (Wildman–Crippen LogP) is 7.03. The van der Waals surface area contributed by atoms with Gasteiger partial charge in [0.25, 0.3) is 0 Å². The fourth-order valence-electron chi connectivity index (χ4n) is 7.28. The molecule has 4 aromatic rings. The highest BCUT2D eigenvalue weighted by atomic mass is 19.1. The van der Waals surface area contributed by atoms with Gasteiger partial charge in [0.15, 0.2) is 0 Å². The molecular weight excluding hydrogens is 473 g/mol. The highest BCUT2D eigenvalue weighted by molar-refractivity contribution is 5.82.